The van der Waals surface area contributed by atoms with Crippen LogP contribution in [0.5, 0.6) is 0 Å². The summed E-state index contributed by atoms with van der Waals surface area (Å²) < 4.78 is 42.7. The van der Waals surface area contributed by atoms with Gasteiger partial charge in [0.05, 0.1) is 0 Å². The molecule has 0 heterocycles. The van der Waals surface area contributed by atoms with Crippen LogP contribution in [0, 0.1) is 0 Å². The zero-order valence-electron chi connectivity index (χ0n) is 19.8. The Morgan fingerprint density at radius 3 is 0.238 bits per heavy atom. The van der Waals surface area contributed by atoms with E-state index in [2.05, 4.69) is 0 Å². The molecule has 0 rings (SSSR count). The van der Waals surface area contributed by atoms with E-state index in [0.717, 1.165) is 0 Å². The Balaban J connectivity index is -0.00000000541. The summed E-state index contributed by atoms with van der Waals surface area (Å²) in [6.45, 7) is 0. The summed E-state index contributed by atoms with van der Waals surface area (Å²) in [6, 6.07) is 0. The molecule has 42 heavy (non-hydrogen) atoms. The van der Waals surface area contributed by atoms with Crippen molar-refractivity contribution in [3.8, 4) is 0 Å². The second-order valence-electron chi connectivity index (χ2n) is 2.24. The van der Waals surface area contributed by atoms with E-state index >= 15 is 0 Å². The van der Waals surface area contributed by atoms with E-state index in [-0.39, 0.29) is 314 Å². The zero-order valence-corrected chi connectivity index (χ0v) is 46.6. The summed E-state index contributed by atoms with van der Waals surface area (Å²) in [4.78, 5) is 128. The summed E-state index contributed by atoms with van der Waals surface area (Å²) in [6.07, 6.45) is 0. The van der Waals surface area contributed by atoms with Crippen LogP contribution in [0.2, 0.25) is 0 Å². The average molecular weight is 1290 g/mol. The molecule has 0 aliphatic rings. The molecule has 0 bridgehead atoms. The predicted octanol–water partition coefficient (Wildman–Crippen LogP) is -21.4. The first-order valence-electron chi connectivity index (χ1n) is 3.65. The molecule has 0 amide bonds. The number of phosphoric acid groups is 5. The molecule has 0 spiro atoms. The topological polar surface area (TPSA) is 707 Å². The molecular formula is H13Al4Ba4O29P5. The van der Waals surface area contributed by atoms with Crippen LogP contribution in [0.1, 0.15) is 0 Å². The van der Waals surface area contributed by atoms with E-state index in [1.165, 1.54) is 0 Å². The van der Waals surface area contributed by atoms with Gasteiger partial charge in [-0.05, 0) is 0 Å². The minimum Gasteiger partial charge on any atom is -0.870 e. The van der Waals surface area contributed by atoms with Gasteiger partial charge in [0.25, 0.3) is 0 Å². The van der Waals surface area contributed by atoms with Gasteiger partial charge in [-0.2, -0.15) is 39.1 Å². The summed E-state index contributed by atoms with van der Waals surface area (Å²) >= 11 is 0. The monoisotopic (exact) mass is 1290 g/mol. The Morgan fingerprint density at radius 2 is 0.238 bits per heavy atom. The molecule has 0 aliphatic heterocycles. The van der Waals surface area contributed by atoms with Crippen molar-refractivity contribution in [2.75, 3.05) is 0 Å². The third-order valence-electron chi connectivity index (χ3n) is 0. The molecule has 0 saturated heterocycles. The molecule has 13 N–H and O–H groups in total. The van der Waals surface area contributed by atoms with Gasteiger partial charge in [-0.15, -0.1) is 0 Å². The molecule has 0 unspecified atom stereocenters. The Bertz CT molecular complexity index is 405. The molecule has 232 valence electrons. The van der Waals surface area contributed by atoms with Crippen molar-refractivity contribution in [1.29, 1.82) is 0 Å². The maximum absolute atomic E-state index is 8.55. The van der Waals surface area contributed by atoms with E-state index in [4.69, 9.17) is 96.2 Å². The van der Waals surface area contributed by atoms with Crippen LogP contribution < -0.4 is 73.4 Å². The van der Waals surface area contributed by atoms with Crippen molar-refractivity contribution in [2.24, 2.45) is 0 Å². The minimum atomic E-state index is -5.39. The van der Waals surface area contributed by atoms with E-state index in [1.54, 1.807) is 0 Å². The SMILES string of the molecule is O.O.O.O.O=P([O-])([O-])[O-].O=P([O-])([O-])[O-].O=P([O-])([O-])[O-].O=P([O-])([O-])[O-].O=P([O-])([O-])[O-].[Al+3].[Al+3].[Al+3].[Al+3].[Ba+2].[Ba+2].[Ba+2].[Ba+2].[OH-].[OH-].[OH-].[OH-].[OH-]. The quantitative estimate of drug-likeness (QED) is 0.160. The Labute approximate surface area is 439 Å². The number of hydrogen-bond donors (Lipinski definition) is 0. The molecule has 0 aliphatic carbocycles. The van der Waals surface area contributed by atoms with Gasteiger partial charge in [-0.25, -0.2) is 0 Å². The van der Waals surface area contributed by atoms with Gasteiger partial charge >= 0.3 is 265 Å². The van der Waals surface area contributed by atoms with Crippen LogP contribution in [0.3, 0.4) is 0 Å². The van der Waals surface area contributed by atoms with E-state index in [9.17, 15) is 0 Å². The van der Waals surface area contributed by atoms with Crippen LogP contribution in [0.4, 0.5) is 0 Å². The molecule has 0 radical (unpaired) electrons. The first kappa shape index (κ1) is 152. The number of hydrogen-bond acceptors (Lipinski definition) is 25. The predicted molar refractivity (Wildman–Crippen MR) is 108 cm³/mol. The smallest absolute Gasteiger partial charge is 0.870 e. The fourth-order valence-corrected chi connectivity index (χ4v) is 0. The van der Waals surface area contributed by atoms with Crippen molar-refractivity contribution >= 4 is 304 Å². The minimum absolute atomic E-state index is 0. The average Bonchev–Trinajstić information content (AvgIpc) is 1.79. The molecular weight excluding hydrogens is 1280 g/mol. The van der Waals surface area contributed by atoms with Crippen LogP contribution in [0.25, 0.3) is 0 Å². The van der Waals surface area contributed by atoms with Gasteiger partial charge in [-0.3, -0.25) is 0 Å². The third-order valence-corrected chi connectivity index (χ3v) is 0. The van der Waals surface area contributed by atoms with Gasteiger partial charge in [0.15, 0.2) is 0 Å². The van der Waals surface area contributed by atoms with Gasteiger partial charge in [0.1, 0.15) is 0 Å². The van der Waals surface area contributed by atoms with Crippen molar-refractivity contribution < 1.29 is 146 Å². The molecule has 0 fully saturated rings. The van der Waals surface area contributed by atoms with Gasteiger partial charge in [0, 0.05) is 0 Å². The fourth-order valence-electron chi connectivity index (χ4n) is 0. The van der Waals surface area contributed by atoms with Crippen LogP contribution >= 0.6 is 39.1 Å². The molecule has 0 aromatic heterocycles. The van der Waals surface area contributed by atoms with Crippen molar-refractivity contribution in [3.63, 3.8) is 0 Å². The molecule has 0 atom stereocenters. The van der Waals surface area contributed by atoms with Gasteiger partial charge in [0.2, 0.25) is 0 Å². The van der Waals surface area contributed by atoms with Crippen LogP contribution in [0.15, 0.2) is 0 Å². The summed E-state index contributed by atoms with van der Waals surface area (Å²) in [5, 5.41) is 0. The second kappa shape index (κ2) is 78.6. The first-order valence-corrected chi connectivity index (χ1v) is 11.0. The molecule has 42 heteroatoms. The normalized spacial score (nSPS) is 7.02. The van der Waals surface area contributed by atoms with E-state index < -0.39 is 39.1 Å². The molecule has 0 saturated carbocycles. The summed E-state index contributed by atoms with van der Waals surface area (Å²) in [7, 11) is -26.9. The number of rotatable bonds is 0. The van der Waals surface area contributed by atoms with Gasteiger partial charge < -0.3 is 146 Å². The van der Waals surface area contributed by atoms with Crippen LogP contribution in [-0.4, -0.2) is 314 Å². The van der Waals surface area contributed by atoms with Crippen molar-refractivity contribution in [3.05, 3.63) is 0 Å². The standard InChI is InChI=1S/4Al.4Ba.5H3O4P.9H2O/c;;;;;;;;5*1-5(2,3)4;;;;;;;;;/h;;;;;;;;5*(H3,1,2,3,4);9*1H2/q4*+3;4*+2;;;;;;;;;;;;;;/p-20. The molecule has 29 nitrogen and oxygen atoms in total. The molecule has 0 aromatic carbocycles. The second-order valence-corrected chi connectivity index (χ2v) is 6.71. The molecule has 0 aromatic rings. The maximum atomic E-state index is 8.55. The van der Waals surface area contributed by atoms with Crippen LogP contribution in [-0.2, 0) is 22.8 Å². The first-order chi connectivity index (χ1) is 10.0. The van der Waals surface area contributed by atoms with E-state index in [1.807, 2.05) is 0 Å². The van der Waals surface area contributed by atoms with E-state index in [0.29, 0.717) is 0 Å². The Hall–Kier alpha value is 8.61. The largest absolute Gasteiger partial charge is 3.00 e. The van der Waals surface area contributed by atoms with Gasteiger partial charge in [-0.1, -0.05) is 0 Å². The van der Waals surface area contributed by atoms with Crippen molar-refractivity contribution in [2.45, 2.75) is 0 Å². The third kappa shape index (κ3) is 1490. The summed E-state index contributed by atoms with van der Waals surface area (Å²) in [5.74, 6) is 0. The van der Waals surface area contributed by atoms with Crippen molar-refractivity contribution in [1.82, 2.24) is 0 Å². The Kier molecular flexibility index (Phi) is 285. The zero-order chi connectivity index (χ0) is 22.5. The fraction of sp³-hybridized carbons (Fsp3) is 0. The summed E-state index contributed by atoms with van der Waals surface area (Å²) in [5.41, 5.74) is 0. The maximum Gasteiger partial charge on any atom is 3.00 e. The Morgan fingerprint density at radius 1 is 0.238 bits per heavy atom.